The topological polar surface area (TPSA) is 94.0 Å². The fourth-order valence-electron chi connectivity index (χ4n) is 1.87. The van der Waals surface area contributed by atoms with E-state index in [2.05, 4.69) is 15.5 Å². The molecule has 0 unspecified atom stereocenters. The second kappa shape index (κ2) is 5.16. The van der Waals surface area contributed by atoms with Crippen molar-refractivity contribution < 1.29 is 18.7 Å². The molecule has 106 valence electrons. The molecule has 0 amide bonds. The van der Waals surface area contributed by atoms with E-state index in [1.54, 1.807) is 18.2 Å². The van der Waals surface area contributed by atoms with Gasteiger partial charge in [-0.2, -0.15) is 0 Å². The van der Waals surface area contributed by atoms with Gasteiger partial charge in [0, 0.05) is 0 Å². The number of furan rings is 1. The molecule has 0 aliphatic carbocycles. The highest BCUT2D eigenvalue weighted by Crippen LogP contribution is 2.20. The molecule has 8 heteroatoms. The molecule has 21 heavy (non-hydrogen) atoms. The summed E-state index contributed by atoms with van der Waals surface area (Å²) in [4.78, 5) is 10.8. The van der Waals surface area contributed by atoms with Crippen molar-refractivity contribution in [3.8, 4) is 11.4 Å². The summed E-state index contributed by atoms with van der Waals surface area (Å²) in [6, 6.07) is 8.96. The maximum absolute atomic E-state index is 13.8. The molecule has 1 aromatic carbocycles. The van der Waals surface area contributed by atoms with E-state index in [0.717, 1.165) is 0 Å². The van der Waals surface area contributed by atoms with Crippen LogP contribution >= 0.6 is 0 Å². The third-order valence-corrected chi connectivity index (χ3v) is 2.82. The highest BCUT2D eigenvalue weighted by atomic mass is 19.1. The lowest BCUT2D eigenvalue weighted by Gasteiger charge is -2.03. The number of hydrogen-bond donors (Lipinski definition) is 1. The number of rotatable bonds is 4. The van der Waals surface area contributed by atoms with Crippen molar-refractivity contribution in [3.05, 3.63) is 53.7 Å². The molecule has 2 heterocycles. The Kier molecular flexibility index (Phi) is 3.19. The second-order valence-corrected chi connectivity index (χ2v) is 4.21. The number of halogens is 1. The zero-order chi connectivity index (χ0) is 14.8. The van der Waals surface area contributed by atoms with Crippen LogP contribution in [0.5, 0.6) is 0 Å². The number of nitrogens with zero attached hydrogens (tertiary/aromatic N) is 4. The number of aromatic carboxylic acids is 1. The Morgan fingerprint density at radius 1 is 1.29 bits per heavy atom. The van der Waals surface area contributed by atoms with Crippen LogP contribution in [0.3, 0.4) is 0 Å². The van der Waals surface area contributed by atoms with Gasteiger partial charge in [-0.3, -0.25) is 0 Å². The van der Waals surface area contributed by atoms with Crippen molar-refractivity contribution >= 4 is 5.97 Å². The third kappa shape index (κ3) is 2.50. The summed E-state index contributed by atoms with van der Waals surface area (Å²) in [6.45, 7) is 0.101. The van der Waals surface area contributed by atoms with Crippen LogP contribution in [0, 0.1) is 5.82 Å². The molecule has 0 fully saturated rings. The molecule has 0 radical (unpaired) electrons. The minimum absolute atomic E-state index is 0.101. The monoisotopic (exact) mass is 288 g/mol. The average molecular weight is 288 g/mol. The molecule has 3 rings (SSSR count). The summed E-state index contributed by atoms with van der Waals surface area (Å²) in [5.41, 5.74) is 0.257. The van der Waals surface area contributed by atoms with Gasteiger partial charge in [-0.25, -0.2) is 13.9 Å². The van der Waals surface area contributed by atoms with Crippen LogP contribution in [0.4, 0.5) is 4.39 Å². The quantitative estimate of drug-likeness (QED) is 0.787. The smallest absolute Gasteiger partial charge is 0.371 e. The predicted octanol–water partition coefficient (Wildman–Crippen LogP) is 1.82. The first-order valence-electron chi connectivity index (χ1n) is 5.98. The first-order valence-corrected chi connectivity index (χ1v) is 5.98. The van der Waals surface area contributed by atoms with Gasteiger partial charge in [0.15, 0.2) is 5.82 Å². The summed E-state index contributed by atoms with van der Waals surface area (Å²) in [6.07, 6.45) is 0. The summed E-state index contributed by atoms with van der Waals surface area (Å²) >= 11 is 0. The number of carbonyl (C=O) groups is 1. The van der Waals surface area contributed by atoms with Crippen molar-refractivity contribution in [3.63, 3.8) is 0 Å². The molecule has 0 bridgehead atoms. The first-order chi connectivity index (χ1) is 10.1. The molecule has 0 spiro atoms. The van der Waals surface area contributed by atoms with Crippen LogP contribution in [-0.2, 0) is 6.54 Å². The number of tetrazole rings is 1. The van der Waals surface area contributed by atoms with Crippen molar-refractivity contribution in [1.29, 1.82) is 0 Å². The Bertz CT molecular complexity index is 796. The summed E-state index contributed by atoms with van der Waals surface area (Å²) in [5, 5.41) is 19.9. The van der Waals surface area contributed by atoms with Gasteiger partial charge >= 0.3 is 5.97 Å². The third-order valence-electron chi connectivity index (χ3n) is 2.82. The van der Waals surface area contributed by atoms with E-state index in [9.17, 15) is 9.18 Å². The molecular formula is C13H9FN4O3. The lowest BCUT2D eigenvalue weighted by molar-refractivity contribution is 0.0660. The van der Waals surface area contributed by atoms with Crippen LogP contribution in [-0.4, -0.2) is 31.3 Å². The molecular weight excluding hydrogens is 279 g/mol. The van der Waals surface area contributed by atoms with E-state index >= 15 is 0 Å². The number of hydrogen-bond acceptors (Lipinski definition) is 5. The van der Waals surface area contributed by atoms with Crippen LogP contribution < -0.4 is 0 Å². The largest absolute Gasteiger partial charge is 0.475 e. The van der Waals surface area contributed by atoms with E-state index in [1.807, 2.05) is 0 Å². The molecule has 0 aliphatic rings. The molecule has 0 saturated heterocycles. The van der Waals surface area contributed by atoms with Gasteiger partial charge in [0.05, 0.1) is 5.56 Å². The maximum Gasteiger partial charge on any atom is 0.371 e. The van der Waals surface area contributed by atoms with E-state index < -0.39 is 11.8 Å². The second-order valence-electron chi connectivity index (χ2n) is 4.21. The average Bonchev–Trinajstić information content (AvgIpc) is 3.09. The van der Waals surface area contributed by atoms with E-state index in [1.165, 1.54) is 22.9 Å². The molecule has 1 N–H and O–H groups in total. The standard InChI is InChI=1S/C13H9FN4O3/c14-10-4-2-1-3-9(10)12-15-16-17-18(12)7-8-5-6-11(21-8)13(19)20/h1-6H,7H2,(H,19,20). The zero-order valence-corrected chi connectivity index (χ0v) is 10.6. The fourth-order valence-corrected chi connectivity index (χ4v) is 1.87. The fraction of sp³-hybridized carbons (Fsp3) is 0.0769. The predicted molar refractivity (Wildman–Crippen MR) is 68.0 cm³/mol. The summed E-state index contributed by atoms with van der Waals surface area (Å²) < 4.78 is 20.2. The van der Waals surface area contributed by atoms with Gasteiger partial charge < -0.3 is 9.52 Å². The Morgan fingerprint density at radius 3 is 2.81 bits per heavy atom. The number of carboxylic acid groups (broad SMARTS) is 1. The van der Waals surface area contributed by atoms with Gasteiger partial charge in [-0.15, -0.1) is 5.10 Å². The van der Waals surface area contributed by atoms with E-state index in [0.29, 0.717) is 5.76 Å². The van der Waals surface area contributed by atoms with Crippen LogP contribution in [0.2, 0.25) is 0 Å². The summed E-state index contributed by atoms with van der Waals surface area (Å²) in [5.74, 6) is -1.18. The van der Waals surface area contributed by atoms with Gasteiger partial charge in [0.2, 0.25) is 5.76 Å². The van der Waals surface area contributed by atoms with Gasteiger partial charge in [-0.1, -0.05) is 12.1 Å². The SMILES string of the molecule is O=C(O)c1ccc(Cn2nnnc2-c2ccccc2F)o1. The highest BCUT2D eigenvalue weighted by molar-refractivity contribution is 5.84. The van der Waals surface area contributed by atoms with E-state index in [-0.39, 0.29) is 23.7 Å². The van der Waals surface area contributed by atoms with Gasteiger partial charge in [0.25, 0.3) is 0 Å². The Balaban J connectivity index is 1.92. The normalized spacial score (nSPS) is 10.7. The molecule has 2 aromatic heterocycles. The number of carboxylic acids is 1. The van der Waals surface area contributed by atoms with Crippen molar-refractivity contribution in [2.75, 3.05) is 0 Å². The van der Waals surface area contributed by atoms with Crippen LogP contribution in [0.25, 0.3) is 11.4 Å². The molecule has 7 nitrogen and oxygen atoms in total. The number of benzene rings is 1. The Morgan fingerprint density at radius 2 is 2.10 bits per heavy atom. The molecule has 3 aromatic rings. The van der Waals surface area contributed by atoms with Crippen molar-refractivity contribution in [1.82, 2.24) is 20.2 Å². The lowest BCUT2D eigenvalue weighted by atomic mass is 10.2. The van der Waals surface area contributed by atoms with Gasteiger partial charge in [-0.05, 0) is 34.7 Å². The maximum atomic E-state index is 13.8. The lowest BCUT2D eigenvalue weighted by Crippen LogP contribution is -2.04. The number of aromatic nitrogens is 4. The van der Waals surface area contributed by atoms with Crippen LogP contribution in [0.1, 0.15) is 16.3 Å². The molecule has 0 saturated carbocycles. The molecule has 0 atom stereocenters. The minimum atomic E-state index is -1.16. The Hall–Kier alpha value is -3.03. The van der Waals surface area contributed by atoms with Crippen molar-refractivity contribution in [2.45, 2.75) is 6.54 Å². The molecule has 0 aliphatic heterocycles. The highest BCUT2D eigenvalue weighted by Gasteiger charge is 2.15. The van der Waals surface area contributed by atoms with E-state index in [4.69, 9.17) is 9.52 Å². The minimum Gasteiger partial charge on any atom is -0.475 e. The summed E-state index contributed by atoms with van der Waals surface area (Å²) in [7, 11) is 0. The van der Waals surface area contributed by atoms with Crippen LogP contribution in [0.15, 0.2) is 40.8 Å². The zero-order valence-electron chi connectivity index (χ0n) is 10.6. The first kappa shape index (κ1) is 13.0. The van der Waals surface area contributed by atoms with Gasteiger partial charge in [0.1, 0.15) is 18.1 Å². The van der Waals surface area contributed by atoms with Crippen molar-refractivity contribution in [2.24, 2.45) is 0 Å². The Labute approximate surface area is 117 Å².